The molecule has 0 aliphatic rings. The molecule has 0 aromatic carbocycles. The van der Waals surface area contributed by atoms with Gasteiger partial charge in [0.2, 0.25) is 0 Å². The van der Waals surface area contributed by atoms with Crippen LogP contribution in [0.25, 0.3) is 0 Å². The van der Waals surface area contributed by atoms with Crippen LogP contribution in [0.4, 0.5) is 8.78 Å². The maximum atomic E-state index is 12.9. The van der Waals surface area contributed by atoms with Crippen molar-refractivity contribution in [2.24, 2.45) is 0 Å². The van der Waals surface area contributed by atoms with E-state index in [-0.39, 0.29) is 5.82 Å². The van der Waals surface area contributed by atoms with Crippen molar-refractivity contribution in [1.29, 1.82) is 0 Å². The SMILES string of the molecule is CC(F)(F)c1ncc[c]([Sn]([CH3])([CH3])[CH3])n1. The predicted octanol–water partition coefficient (Wildman–Crippen LogP) is 2.13. The summed E-state index contributed by atoms with van der Waals surface area (Å²) in [6.07, 6.45) is 1.43. The van der Waals surface area contributed by atoms with Crippen molar-refractivity contribution >= 4 is 22.1 Å². The Morgan fingerprint density at radius 2 is 1.86 bits per heavy atom. The Morgan fingerprint density at radius 3 is 2.29 bits per heavy atom. The summed E-state index contributed by atoms with van der Waals surface area (Å²) >= 11 is -2.34. The van der Waals surface area contributed by atoms with Gasteiger partial charge in [0.15, 0.2) is 0 Å². The standard InChI is InChI=1S/C6H5F2N2.3CH3.Sn/c1-6(7,8)5-9-3-2-4-10-5;;;;/h2-3H,1H3;3*1H3;. The van der Waals surface area contributed by atoms with Gasteiger partial charge in [-0.3, -0.25) is 0 Å². The molecule has 5 heteroatoms. The average molecular weight is 307 g/mol. The number of alkyl halides is 2. The Morgan fingerprint density at radius 1 is 1.29 bits per heavy atom. The van der Waals surface area contributed by atoms with Crippen LogP contribution < -0.4 is 3.71 Å². The molecule has 0 unspecified atom stereocenters. The quantitative estimate of drug-likeness (QED) is 0.782. The van der Waals surface area contributed by atoms with Gasteiger partial charge in [-0.15, -0.1) is 0 Å². The summed E-state index contributed by atoms with van der Waals surface area (Å²) < 4.78 is 26.7. The zero-order chi connectivity index (χ0) is 11.0. The van der Waals surface area contributed by atoms with Gasteiger partial charge in [-0.2, -0.15) is 0 Å². The first kappa shape index (κ1) is 11.8. The van der Waals surface area contributed by atoms with Crippen molar-refractivity contribution in [3.8, 4) is 0 Å². The second-order valence-electron chi connectivity index (χ2n) is 4.40. The fraction of sp³-hybridized carbons (Fsp3) is 0.556. The molecule has 0 saturated carbocycles. The molecule has 1 heterocycles. The van der Waals surface area contributed by atoms with E-state index >= 15 is 0 Å². The molecule has 1 aromatic heterocycles. The van der Waals surface area contributed by atoms with Gasteiger partial charge < -0.3 is 0 Å². The van der Waals surface area contributed by atoms with Crippen molar-refractivity contribution in [1.82, 2.24) is 9.97 Å². The summed E-state index contributed by atoms with van der Waals surface area (Å²) in [5.74, 6) is -3.30. The number of aromatic nitrogens is 2. The van der Waals surface area contributed by atoms with Gasteiger partial charge in [-0.1, -0.05) is 0 Å². The van der Waals surface area contributed by atoms with E-state index in [1.165, 1.54) is 6.20 Å². The average Bonchev–Trinajstić information content (AvgIpc) is 2.01. The van der Waals surface area contributed by atoms with Crippen molar-refractivity contribution in [3.05, 3.63) is 18.1 Å². The maximum absolute atomic E-state index is 12.9. The number of nitrogens with zero attached hydrogens (tertiary/aromatic N) is 2. The fourth-order valence-corrected chi connectivity index (χ4v) is 3.89. The molecule has 0 radical (unpaired) electrons. The van der Waals surface area contributed by atoms with Crippen LogP contribution in [-0.4, -0.2) is 28.3 Å². The molecule has 2 nitrogen and oxygen atoms in total. The molecule has 1 rings (SSSR count). The van der Waals surface area contributed by atoms with Crippen molar-refractivity contribution in [3.63, 3.8) is 0 Å². The van der Waals surface area contributed by atoms with Gasteiger partial charge in [0.05, 0.1) is 0 Å². The van der Waals surface area contributed by atoms with E-state index in [9.17, 15) is 8.78 Å². The minimum atomic E-state index is -2.94. The second kappa shape index (κ2) is 3.71. The summed E-state index contributed by atoms with van der Waals surface area (Å²) in [4.78, 5) is 13.9. The number of hydrogen-bond donors (Lipinski definition) is 0. The first-order valence-corrected chi connectivity index (χ1v) is 14.4. The van der Waals surface area contributed by atoms with Gasteiger partial charge in [0.25, 0.3) is 0 Å². The first-order valence-electron chi connectivity index (χ1n) is 4.43. The third kappa shape index (κ3) is 2.86. The van der Waals surface area contributed by atoms with Crippen LogP contribution in [0, 0.1) is 0 Å². The molecule has 0 fully saturated rings. The molecular formula is C9H14F2N2Sn. The Balaban J connectivity index is 3.15. The van der Waals surface area contributed by atoms with Crippen LogP contribution in [0.15, 0.2) is 12.3 Å². The van der Waals surface area contributed by atoms with Gasteiger partial charge in [0, 0.05) is 0 Å². The van der Waals surface area contributed by atoms with Gasteiger partial charge in [0.1, 0.15) is 0 Å². The first-order chi connectivity index (χ1) is 6.21. The third-order valence-electron chi connectivity index (χ3n) is 1.82. The van der Waals surface area contributed by atoms with Crippen LogP contribution in [0.1, 0.15) is 12.7 Å². The van der Waals surface area contributed by atoms with Crippen molar-refractivity contribution < 1.29 is 8.78 Å². The van der Waals surface area contributed by atoms with Crippen molar-refractivity contribution in [2.45, 2.75) is 27.7 Å². The molecule has 0 spiro atoms. The summed E-state index contributed by atoms with van der Waals surface area (Å²) in [7, 11) is 0. The van der Waals surface area contributed by atoms with E-state index < -0.39 is 24.3 Å². The summed E-state index contributed by atoms with van der Waals surface area (Å²) in [5, 5.41) is 0. The molecule has 0 bridgehead atoms. The van der Waals surface area contributed by atoms with E-state index in [0.29, 0.717) is 0 Å². The van der Waals surface area contributed by atoms with Gasteiger partial charge in [-0.25, -0.2) is 0 Å². The Bertz CT molecular complexity index is 299. The molecule has 0 saturated heterocycles. The van der Waals surface area contributed by atoms with E-state index in [1.807, 2.05) is 0 Å². The number of halogens is 2. The zero-order valence-electron chi connectivity index (χ0n) is 8.81. The van der Waals surface area contributed by atoms with E-state index in [4.69, 9.17) is 0 Å². The Labute approximate surface area is 86.6 Å². The van der Waals surface area contributed by atoms with Crippen molar-refractivity contribution in [2.75, 3.05) is 0 Å². The molecular weight excluding hydrogens is 293 g/mol. The van der Waals surface area contributed by atoms with Crippen LogP contribution >= 0.6 is 0 Å². The van der Waals surface area contributed by atoms with E-state index in [0.717, 1.165) is 10.6 Å². The molecule has 0 atom stereocenters. The monoisotopic (exact) mass is 308 g/mol. The predicted molar refractivity (Wildman–Crippen MR) is 54.6 cm³/mol. The van der Waals surface area contributed by atoms with Crippen LogP contribution in [0.2, 0.25) is 14.8 Å². The third-order valence-corrected chi connectivity index (χ3v) is 7.00. The van der Waals surface area contributed by atoms with E-state index in [2.05, 4.69) is 24.8 Å². The summed E-state index contributed by atoms with van der Waals surface area (Å²) in [6, 6.07) is 1.76. The number of hydrogen-bond acceptors (Lipinski definition) is 2. The van der Waals surface area contributed by atoms with E-state index in [1.54, 1.807) is 6.07 Å². The minimum absolute atomic E-state index is 0.360. The van der Waals surface area contributed by atoms with Gasteiger partial charge >= 0.3 is 86.6 Å². The summed E-state index contributed by atoms with van der Waals surface area (Å²) in [6.45, 7) is 0.824. The summed E-state index contributed by atoms with van der Waals surface area (Å²) in [5.41, 5.74) is 0. The van der Waals surface area contributed by atoms with Crippen LogP contribution in [0.5, 0.6) is 0 Å². The Hall–Kier alpha value is -0.261. The molecule has 14 heavy (non-hydrogen) atoms. The molecule has 0 aliphatic carbocycles. The topological polar surface area (TPSA) is 25.8 Å². The zero-order valence-corrected chi connectivity index (χ0v) is 11.7. The molecule has 1 aromatic rings. The molecule has 78 valence electrons. The second-order valence-corrected chi connectivity index (χ2v) is 18.7. The van der Waals surface area contributed by atoms with Crippen LogP contribution in [-0.2, 0) is 5.92 Å². The molecule has 0 amide bonds. The Kier molecular flexibility index (Phi) is 3.13. The fourth-order valence-electron chi connectivity index (χ4n) is 0.988. The molecule has 0 aliphatic heterocycles. The van der Waals surface area contributed by atoms with Gasteiger partial charge in [-0.05, 0) is 0 Å². The normalized spacial score (nSPS) is 13.0. The molecule has 0 N–H and O–H groups in total. The van der Waals surface area contributed by atoms with Crippen LogP contribution in [0.3, 0.4) is 0 Å². The number of rotatable bonds is 2.